The lowest BCUT2D eigenvalue weighted by Gasteiger charge is -2.18. The van der Waals surface area contributed by atoms with Gasteiger partial charge in [0, 0.05) is 6.42 Å². The highest BCUT2D eigenvalue weighted by atomic mass is 16.3. The minimum Gasteiger partial charge on any atom is -0.507 e. The van der Waals surface area contributed by atoms with E-state index in [1.165, 1.54) is 6.07 Å². The van der Waals surface area contributed by atoms with E-state index in [-0.39, 0.29) is 17.2 Å². The zero-order chi connectivity index (χ0) is 14.1. The van der Waals surface area contributed by atoms with E-state index >= 15 is 0 Å². The molecule has 4 nitrogen and oxygen atoms in total. The molecule has 2 atom stereocenters. The minimum absolute atomic E-state index is 0.0641. The molecule has 0 fully saturated rings. The highest BCUT2D eigenvalue weighted by Crippen LogP contribution is 2.31. The number of phenols is 1. The van der Waals surface area contributed by atoms with Crippen LogP contribution in [0.2, 0.25) is 0 Å². The minimum atomic E-state index is -0.637. The van der Waals surface area contributed by atoms with Gasteiger partial charge in [-0.25, -0.2) is 0 Å². The summed E-state index contributed by atoms with van der Waals surface area (Å²) in [6.45, 7) is 0. The number of rotatable bonds is 2. The summed E-state index contributed by atoms with van der Waals surface area (Å²) in [7, 11) is 0. The average molecular weight is 269 g/mol. The molecule has 0 spiro atoms. The molecule has 1 aliphatic carbocycles. The summed E-state index contributed by atoms with van der Waals surface area (Å²) in [5, 5.41) is 22.6. The second-order valence-corrected chi connectivity index (χ2v) is 4.94. The molecule has 0 unspecified atom stereocenters. The van der Waals surface area contributed by atoms with Gasteiger partial charge in [-0.1, -0.05) is 36.4 Å². The Balaban J connectivity index is 1.85. The van der Waals surface area contributed by atoms with Gasteiger partial charge < -0.3 is 15.5 Å². The van der Waals surface area contributed by atoms with E-state index in [1.807, 2.05) is 24.3 Å². The number of aromatic hydroxyl groups is 1. The first-order chi connectivity index (χ1) is 9.66. The number of hydrogen-bond donors (Lipinski definition) is 3. The van der Waals surface area contributed by atoms with Crippen LogP contribution in [0.4, 0.5) is 0 Å². The lowest BCUT2D eigenvalue weighted by molar-refractivity contribution is 0.0855. The van der Waals surface area contributed by atoms with Crippen LogP contribution in [0.25, 0.3) is 0 Å². The van der Waals surface area contributed by atoms with Crippen molar-refractivity contribution >= 4 is 5.91 Å². The van der Waals surface area contributed by atoms with Gasteiger partial charge >= 0.3 is 0 Å². The fourth-order valence-corrected chi connectivity index (χ4v) is 2.63. The Morgan fingerprint density at radius 2 is 1.80 bits per heavy atom. The fourth-order valence-electron chi connectivity index (χ4n) is 2.63. The van der Waals surface area contributed by atoms with Crippen LogP contribution in [0.3, 0.4) is 0 Å². The Morgan fingerprint density at radius 3 is 2.60 bits per heavy atom. The van der Waals surface area contributed by atoms with Gasteiger partial charge in [0.2, 0.25) is 0 Å². The first-order valence-corrected chi connectivity index (χ1v) is 6.51. The summed E-state index contributed by atoms with van der Waals surface area (Å²) >= 11 is 0. The van der Waals surface area contributed by atoms with E-state index in [0.29, 0.717) is 6.42 Å². The molecule has 0 bridgehead atoms. The molecule has 1 aliphatic rings. The lowest BCUT2D eigenvalue weighted by Crippen LogP contribution is -2.33. The molecule has 2 aromatic carbocycles. The number of aliphatic hydroxyl groups excluding tert-OH is 1. The number of carbonyl (C=O) groups is 1. The van der Waals surface area contributed by atoms with Crippen molar-refractivity contribution in [3.8, 4) is 5.75 Å². The van der Waals surface area contributed by atoms with Crippen molar-refractivity contribution in [3.63, 3.8) is 0 Å². The Morgan fingerprint density at radius 1 is 1.10 bits per heavy atom. The highest BCUT2D eigenvalue weighted by molar-refractivity contribution is 5.97. The van der Waals surface area contributed by atoms with E-state index in [1.54, 1.807) is 18.2 Å². The summed E-state index contributed by atoms with van der Waals surface area (Å²) < 4.78 is 0. The summed E-state index contributed by atoms with van der Waals surface area (Å²) in [5.74, 6) is -0.449. The van der Waals surface area contributed by atoms with Crippen molar-refractivity contribution < 1.29 is 15.0 Å². The van der Waals surface area contributed by atoms with Crippen LogP contribution < -0.4 is 5.32 Å². The largest absolute Gasteiger partial charge is 0.507 e. The van der Waals surface area contributed by atoms with Crippen LogP contribution in [-0.2, 0) is 6.42 Å². The zero-order valence-electron chi connectivity index (χ0n) is 10.8. The van der Waals surface area contributed by atoms with E-state index in [9.17, 15) is 15.0 Å². The Bertz CT molecular complexity index is 654. The Labute approximate surface area is 116 Å². The molecule has 0 saturated carbocycles. The maximum absolute atomic E-state index is 12.2. The number of aliphatic hydroxyl groups is 1. The number of benzene rings is 2. The van der Waals surface area contributed by atoms with Crippen LogP contribution in [0, 0.1) is 0 Å². The van der Waals surface area contributed by atoms with E-state index in [0.717, 1.165) is 11.1 Å². The van der Waals surface area contributed by atoms with Gasteiger partial charge in [0.15, 0.2) is 0 Å². The molecule has 0 aliphatic heterocycles. The van der Waals surface area contributed by atoms with Crippen LogP contribution in [-0.4, -0.2) is 22.2 Å². The number of fused-ring (bicyclic) bond motifs is 1. The molecule has 20 heavy (non-hydrogen) atoms. The number of amides is 1. The Hall–Kier alpha value is -2.33. The maximum atomic E-state index is 12.2. The smallest absolute Gasteiger partial charge is 0.255 e. The summed E-state index contributed by atoms with van der Waals surface area (Å²) in [6, 6.07) is 13.6. The van der Waals surface area contributed by atoms with E-state index in [2.05, 4.69) is 5.32 Å². The van der Waals surface area contributed by atoms with Crippen molar-refractivity contribution in [2.24, 2.45) is 0 Å². The third kappa shape index (κ3) is 2.14. The van der Waals surface area contributed by atoms with E-state index in [4.69, 9.17) is 0 Å². The molecule has 4 heteroatoms. The van der Waals surface area contributed by atoms with Gasteiger partial charge in [-0.15, -0.1) is 0 Å². The van der Waals surface area contributed by atoms with Gasteiger partial charge in [0.05, 0.1) is 17.7 Å². The number of para-hydroxylation sites is 1. The lowest BCUT2D eigenvalue weighted by atomic mass is 10.1. The third-order valence-electron chi connectivity index (χ3n) is 3.64. The standard InChI is InChI=1S/C16H15NO3/c18-13-8-4-3-7-12(13)16(20)17-15-11-6-2-1-5-10(11)9-14(15)19/h1-8,14-15,18-19H,9H2,(H,17,20)/t14-,15+/m1/s1. The first-order valence-electron chi connectivity index (χ1n) is 6.51. The van der Waals surface area contributed by atoms with Gasteiger partial charge in [0.25, 0.3) is 5.91 Å². The van der Waals surface area contributed by atoms with Crippen molar-refractivity contribution in [1.82, 2.24) is 5.32 Å². The SMILES string of the molecule is O=C(N[C@H]1c2ccccc2C[C@H]1O)c1ccccc1O. The predicted octanol–water partition coefficient (Wildman–Crippen LogP) is 1.78. The normalized spacial score (nSPS) is 20.4. The monoisotopic (exact) mass is 269 g/mol. The second kappa shape index (κ2) is 4.98. The quantitative estimate of drug-likeness (QED) is 0.778. The predicted molar refractivity (Wildman–Crippen MR) is 74.5 cm³/mol. The number of phenolic OH excluding ortho intramolecular Hbond substituents is 1. The molecule has 2 aromatic rings. The van der Waals surface area contributed by atoms with Crippen molar-refractivity contribution in [2.45, 2.75) is 18.6 Å². The zero-order valence-corrected chi connectivity index (χ0v) is 10.8. The number of carbonyl (C=O) groups excluding carboxylic acids is 1. The number of hydrogen-bond acceptors (Lipinski definition) is 3. The number of nitrogens with one attached hydrogen (secondary N) is 1. The van der Waals surface area contributed by atoms with Gasteiger partial charge in [0.1, 0.15) is 5.75 Å². The van der Waals surface area contributed by atoms with Crippen LogP contribution in [0.5, 0.6) is 5.75 Å². The molecule has 102 valence electrons. The fraction of sp³-hybridized carbons (Fsp3) is 0.188. The van der Waals surface area contributed by atoms with Gasteiger partial charge in [-0.05, 0) is 23.3 Å². The van der Waals surface area contributed by atoms with Crippen LogP contribution in [0.15, 0.2) is 48.5 Å². The van der Waals surface area contributed by atoms with Gasteiger partial charge in [-0.2, -0.15) is 0 Å². The molecule has 1 amide bonds. The average Bonchev–Trinajstić information content (AvgIpc) is 2.76. The highest BCUT2D eigenvalue weighted by Gasteiger charge is 2.32. The molecule has 0 saturated heterocycles. The molecule has 0 radical (unpaired) electrons. The topological polar surface area (TPSA) is 69.6 Å². The first kappa shape index (κ1) is 12.7. The van der Waals surface area contributed by atoms with Crippen LogP contribution in [0.1, 0.15) is 27.5 Å². The molecule has 0 aromatic heterocycles. The summed E-state index contributed by atoms with van der Waals surface area (Å²) in [5.41, 5.74) is 2.19. The molecule has 3 rings (SSSR count). The van der Waals surface area contributed by atoms with Gasteiger partial charge in [-0.3, -0.25) is 4.79 Å². The Kier molecular flexibility index (Phi) is 3.16. The molecule has 0 heterocycles. The van der Waals surface area contributed by atoms with E-state index < -0.39 is 12.1 Å². The molecular weight excluding hydrogens is 254 g/mol. The van der Waals surface area contributed by atoms with Crippen molar-refractivity contribution in [2.75, 3.05) is 0 Å². The molecular formula is C16H15NO3. The third-order valence-corrected chi connectivity index (χ3v) is 3.64. The summed E-state index contributed by atoms with van der Waals surface area (Å²) in [4.78, 5) is 12.2. The van der Waals surface area contributed by atoms with Crippen LogP contribution >= 0.6 is 0 Å². The van der Waals surface area contributed by atoms with Crippen molar-refractivity contribution in [1.29, 1.82) is 0 Å². The molecule has 3 N–H and O–H groups in total. The summed E-state index contributed by atoms with van der Waals surface area (Å²) in [6.07, 6.45) is -0.107. The second-order valence-electron chi connectivity index (χ2n) is 4.94. The maximum Gasteiger partial charge on any atom is 0.255 e. The van der Waals surface area contributed by atoms with Crippen molar-refractivity contribution in [3.05, 3.63) is 65.2 Å².